The van der Waals surface area contributed by atoms with Crippen molar-refractivity contribution in [2.75, 3.05) is 0 Å². The maximum Gasteiger partial charge on any atom is 0.0685 e. The standard InChI is InChI=1S/C10H13NO/c1-7-9-4-2-3-8(6-12)10(9)5-11-7/h2-4,7,11-12H,5-6H2,1H3/t7-/m1/s1. The number of benzene rings is 1. The molecule has 1 aliphatic rings. The fourth-order valence-corrected chi connectivity index (χ4v) is 1.79. The molecule has 0 saturated heterocycles. The average Bonchev–Trinajstić information content (AvgIpc) is 2.48. The Morgan fingerprint density at radius 2 is 2.42 bits per heavy atom. The minimum absolute atomic E-state index is 0.150. The lowest BCUT2D eigenvalue weighted by molar-refractivity contribution is 0.280. The molecular weight excluding hydrogens is 150 g/mol. The maximum absolute atomic E-state index is 9.06. The molecule has 12 heavy (non-hydrogen) atoms. The first-order valence-electron chi connectivity index (χ1n) is 4.28. The molecule has 64 valence electrons. The third-order valence-electron chi connectivity index (χ3n) is 2.53. The molecule has 0 fully saturated rings. The van der Waals surface area contributed by atoms with E-state index in [1.54, 1.807) is 0 Å². The first-order valence-corrected chi connectivity index (χ1v) is 4.28. The maximum atomic E-state index is 9.06. The number of nitrogens with one attached hydrogen (secondary N) is 1. The second-order valence-electron chi connectivity index (χ2n) is 3.25. The molecule has 0 amide bonds. The molecule has 1 aliphatic heterocycles. The second-order valence-corrected chi connectivity index (χ2v) is 3.25. The summed E-state index contributed by atoms with van der Waals surface area (Å²) in [6.07, 6.45) is 0. The Morgan fingerprint density at radius 3 is 3.17 bits per heavy atom. The van der Waals surface area contributed by atoms with Gasteiger partial charge in [-0.3, -0.25) is 0 Å². The normalized spacial score (nSPS) is 21.0. The van der Waals surface area contributed by atoms with Crippen LogP contribution in [0.2, 0.25) is 0 Å². The van der Waals surface area contributed by atoms with Gasteiger partial charge in [0.1, 0.15) is 0 Å². The molecule has 0 aliphatic carbocycles. The Kier molecular flexibility index (Phi) is 1.87. The highest BCUT2D eigenvalue weighted by atomic mass is 16.3. The number of aliphatic hydroxyl groups is 1. The Labute approximate surface area is 72.2 Å². The van der Waals surface area contributed by atoms with Crippen molar-refractivity contribution in [1.29, 1.82) is 0 Å². The average molecular weight is 163 g/mol. The van der Waals surface area contributed by atoms with Crippen LogP contribution in [0, 0.1) is 0 Å². The quantitative estimate of drug-likeness (QED) is 0.655. The Balaban J connectivity index is 2.50. The number of hydrogen-bond acceptors (Lipinski definition) is 2. The van der Waals surface area contributed by atoms with E-state index in [1.807, 2.05) is 12.1 Å². The van der Waals surface area contributed by atoms with Crippen LogP contribution in [0.15, 0.2) is 18.2 Å². The predicted octanol–water partition coefficient (Wildman–Crippen LogP) is 1.34. The van der Waals surface area contributed by atoms with Gasteiger partial charge in [0.25, 0.3) is 0 Å². The largest absolute Gasteiger partial charge is 0.392 e. The molecule has 2 nitrogen and oxygen atoms in total. The summed E-state index contributed by atoms with van der Waals surface area (Å²) in [4.78, 5) is 0. The summed E-state index contributed by atoms with van der Waals surface area (Å²) in [5.41, 5.74) is 3.68. The van der Waals surface area contributed by atoms with Gasteiger partial charge in [0.05, 0.1) is 6.61 Å². The zero-order valence-electron chi connectivity index (χ0n) is 7.17. The van der Waals surface area contributed by atoms with Crippen LogP contribution in [-0.2, 0) is 13.2 Å². The molecule has 0 saturated carbocycles. The summed E-state index contributed by atoms with van der Waals surface area (Å²) in [6, 6.07) is 6.55. The van der Waals surface area contributed by atoms with E-state index < -0.39 is 0 Å². The number of rotatable bonds is 1. The van der Waals surface area contributed by atoms with Crippen molar-refractivity contribution in [3.05, 3.63) is 34.9 Å². The lowest BCUT2D eigenvalue weighted by atomic mass is 10.0. The van der Waals surface area contributed by atoms with E-state index in [9.17, 15) is 0 Å². The van der Waals surface area contributed by atoms with E-state index in [-0.39, 0.29) is 6.61 Å². The lowest BCUT2D eigenvalue weighted by Gasteiger charge is -2.05. The van der Waals surface area contributed by atoms with E-state index in [1.165, 1.54) is 11.1 Å². The van der Waals surface area contributed by atoms with Gasteiger partial charge in [0.15, 0.2) is 0 Å². The van der Waals surface area contributed by atoms with Crippen molar-refractivity contribution in [1.82, 2.24) is 5.32 Å². The molecule has 2 rings (SSSR count). The molecule has 0 aromatic heterocycles. The summed E-state index contributed by atoms with van der Waals surface area (Å²) in [5.74, 6) is 0. The van der Waals surface area contributed by atoms with Crippen molar-refractivity contribution in [2.45, 2.75) is 26.1 Å². The van der Waals surface area contributed by atoms with Gasteiger partial charge in [-0.25, -0.2) is 0 Å². The van der Waals surface area contributed by atoms with Crippen LogP contribution < -0.4 is 5.32 Å². The monoisotopic (exact) mass is 163 g/mol. The highest BCUT2D eigenvalue weighted by Crippen LogP contribution is 2.27. The Bertz CT molecular complexity index is 296. The smallest absolute Gasteiger partial charge is 0.0685 e. The van der Waals surface area contributed by atoms with Gasteiger partial charge in [0, 0.05) is 12.6 Å². The Morgan fingerprint density at radius 1 is 1.58 bits per heavy atom. The fraction of sp³-hybridized carbons (Fsp3) is 0.400. The van der Waals surface area contributed by atoms with Crippen LogP contribution >= 0.6 is 0 Å². The van der Waals surface area contributed by atoms with Crippen molar-refractivity contribution >= 4 is 0 Å². The van der Waals surface area contributed by atoms with Crippen LogP contribution in [0.5, 0.6) is 0 Å². The summed E-state index contributed by atoms with van der Waals surface area (Å²) >= 11 is 0. The van der Waals surface area contributed by atoms with Gasteiger partial charge in [0.2, 0.25) is 0 Å². The second kappa shape index (κ2) is 2.88. The molecule has 0 spiro atoms. The molecule has 2 heteroatoms. The number of aliphatic hydroxyl groups excluding tert-OH is 1. The van der Waals surface area contributed by atoms with E-state index in [2.05, 4.69) is 18.3 Å². The molecule has 1 atom stereocenters. The van der Waals surface area contributed by atoms with E-state index in [0.717, 1.165) is 12.1 Å². The van der Waals surface area contributed by atoms with Crippen molar-refractivity contribution < 1.29 is 5.11 Å². The molecule has 0 bridgehead atoms. The van der Waals surface area contributed by atoms with Crippen molar-refractivity contribution in [3.63, 3.8) is 0 Å². The van der Waals surface area contributed by atoms with Gasteiger partial charge in [-0.2, -0.15) is 0 Å². The first kappa shape index (κ1) is 7.77. The number of fused-ring (bicyclic) bond motifs is 1. The van der Waals surface area contributed by atoms with Crippen LogP contribution in [0.1, 0.15) is 29.7 Å². The highest BCUT2D eigenvalue weighted by molar-refractivity contribution is 5.39. The molecule has 2 N–H and O–H groups in total. The lowest BCUT2D eigenvalue weighted by Crippen LogP contribution is -2.07. The third kappa shape index (κ3) is 1.04. The molecule has 1 aromatic carbocycles. The zero-order chi connectivity index (χ0) is 8.55. The first-order chi connectivity index (χ1) is 5.83. The molecule has 0 unspecified atom stereocenters. The third-order valence-corrected chi connectivity index (χ3v) is 2.53. The van der Waals surface area contributed by atoms with Crippen LogP contribution in [0.3, 0.4) is 0 Å². The van der Waals surface area contributed by atoms with Crippen LogP contribution in [0.25, 0.3) is 0 Å². The topological polar surface area (TPSA) is 32.3 Å². The minimum Gasteiger partial charge on any atom is -0.392 e. The van der Waals surface area contributed by atoms with E-state index in [0.29, 0.717) is 6.04 Å². The van der Waals surface area contributed by atoms with Gasteiger partial charge in [-0.1, -0.05) is 18.2 Å². The predicted molar refractivity (Wildman–Crippen MR) is 47.6 cm³/mol. The minimum atomic E-state index is 0.150. The summed E-state index contributed by atoms with van der Waals surface area (Å²) in [5, 5.41) is 12.4. The number of hydrogen-bond donors (Lipinski definition) is 2. The van der Waals surface area contributed by atoms with Gasteiger partial charge in [-0.05, 0) is 23.6 Å². The summed E-state index contributed by atoms with van der Waals surface area (Å²) in [6.45, 7) is 3.19. The van der Waals surface area contributed by atoms with Crippen LogP contribution in [-0.4, -0.2) is 5.11 Å². The van der Waals surface area contributed by atoms with Gasteiger partial charge < -0.3 is 10.4 Å². The van der Waals surface area contributed by atoms with E-state index in [4.69, 9.17) is 5.11 Å². The summed E-state index contributed by atoms with van der Waals surface area (Å²) < 4.78 is 0. The molecule has 1 aromatic rings. The van der Waals surface area contributed by atoms with Gasteiger partial charge in [-0.15, -0.1) is 0 Å². The SMILES string of the molecule is C[C@H]1NCc2c(CO)cccc21. The van der Waals surface area contributed by atoms with E-state index >= 15 is 0 Å². The molecular formula is C10H13NO. The molecule has 1 heterocycles. The van der Waals surface area contributed by atoms with Crippen molar-refractivity contribution in [2.24, 2.45) is 0 Å². The van der Waals surface area contributed by atoms with Crippen molar-refractivity contribution in [3.8, 4) is 0 Å². The Hall–Kier alpha value is -0.860. The van der Waals surface area contributed by atoms with Gasteiger partial charge >= 0.3 is 0 Å². The highest BCUT2D eigenvalue weighted by Gasteiger charge is 2.19. The summed E-state index contributed by atoms with van der Waals surface area (Å²) in [7, 11) is 0. The fourth-order valence-electron chi connectivity index (χ4n) is 1.79. The zero-order valence-corrected chi connectivity index (χ0v) is 7.17. The molecule has 0 radical (unpaired) electrons. The van der Waals surface area contributed by atoms with Crippen LogP contribution in [0.4, 0.5) is 0 Å².